The van der Waals surface area contributed by atoms with Gasteiger partial charge in [0.25, 0.3) is 5.91 Å². The fourth-order valence-electron chi connectivity index (χ4n) is 6.27. The van der Waals surface area contributed by atoms with Gasteiger partial charge in [-0.25, -0.2) is 19.2 Å². The molecule has 5 heterocycles. The highest BCUT2D eigenvalue weighted by molar-refractivity contribution is 6.03. The zero-order chi connectivity index (χ0) is 34.0. The number of benzene rings is 1. The van der Waals surface area contributed by atoms with Crippen LogP contribution in [0, 0.1) is 5.82 Å². The Kier molecular flexibility index (Phi) is 9.65. The van der Waals surface area contributed by atoms with Crippen molar-refractivity contribution in [1.82, 2.24) is 19.9 Å². The minimum atomic E-state index is -0.723. The van der Waals surface area contributed by atoms with Crippen LogP contribution in [0.1, 0.15) is 51.4 Å². The standard InChI is InChI=1S/C34H43FN8O5/c1-6-24-19-47-15-13-43(24)27-11-9-23(17-36-27)37-33(45)38-26-10-8-22(16-25(26)35)29-28-30(48-34(4,5)20-41(7-2)31(28)44)40-32(39-29)42-12-14-46-18-21(42)3/h8-11,16-17,21,24H,6-7,12-15,18-20H2,1-5H3,(H2,37,38,45). The van der Waals surface area contributed by atoms with E-state index in [2.05, 4.69) is 27.4 Å². The highest BCUT2D eigenvalue weighted by atomic mass is 19.1. The van der Waals surface area contributed by atoms with Crippen molar-refractivity contribution in [3.05, 3.63) is 47.9 Å². The first-order chi connectivity index (χ1) is 23.1. The number of hydrogen-bond acceptors (Lipinski definition) is 10. The number of morpholine rings is 2. The molecular formula is C34H43FN8O5. The van der Waals surface area contributed by atoms with Crippen LogP contribution >= 0.6 is 0 Å². The monoisotopic (exact) mass is 662 g/mol. The molecule has 2 atom stereocenters. The van der Waals surface area contributed by atoms with E-state index in [4.69, 9.17) is 24.2 Å². The number of carbonyl (C=O) groups is 2. The van der Waals surface area contributed by atoms with Gasteiger partial charge in [-0.05, 0) is 58.4 Å². The number of aromatic nitrogens is 3. The van der Waals surface area contributed by atoms with Crippen molar-refractivity contribution in [2.45, 2.75) is 58.7 Å². The number of fused-ring (bicyclic) bond motifs is 1. The van der Waals surface area contributed by atoms with Crippen LogP contribution in [0.3, 0.4) is 0 Å². The summed E-state index contributed by atoms with van der Waals surface area (Å²) in [5, 5.41) is 5.29. The van der Waals surface area contributed by atoms with Crippen molar-refractivity contribution in [2.75, 3.05) is 73.0 Å². The lowest BCUT2D eigenvalue weighted by Gasteiger charge is -2.36. The zero-order valence-electron chi connectivity index (χ0n) is 28.1. The van der Waals surface area contributed by atoms with Crippen LogP contribution in [-0.2, 0) is 9.47 Å². The second-order valence-electron chi connectivity index (χ2n) is 12.9. The molecule has 3 aliphatic heterocycles. The Morgan fingerprint density at radius 3 is 2.50 bits per heavy atom. The predicted molar refractivity (Wildman–Crippen MR) is 180 cm³/mol. The highest BCUT2D eigenvalue weighted by Gasteiger charge is 2.38. The van der Waals surface area contributed by atoms with Crippen LogP contribution < -0.4 is 25.2 Å². The second kappa shape index (κ2) is 13.9. The van der Waals surface area contributed by atoms with E-state index >= 15 is 4.39 Å². The van der Waals surface area contributed by atoms with E-state index in [9.17, 15) is 9.59 Å². The summed E-state index contributed by atoms with van der Waals surface area (Å²) in [5.41, 5.74) is 0.468. The lowest BCUT2D eigenvalue weighted by atomic mass is 10.0. The van der Waals surface area contributed by atoms with Gasteiger partial charge in [-0.1, -0.05) is 13.0 Å². The number of amides is 3. The second-order valence-corrected chi connectivity index (χ2v) is 12.9. The number of nitrogens with zero attached hydrogens (tertiary/aromatic N) is 6. The molecule has 1 aromatic carbocycles. The molecule has 2 saturated heterocycles. The van der Waals surface area contributed by atoms with Crippen molar-refractivity contribution in [3.63, 3.8) is 0 Å². The number of likely N-dealkylation sites (N-methyl/N-ethyl adjacent to an activating group) is 1. The molecule has 0 radical (unpaired) electrons. The third-order valence-corrected chi connectivity index (χ3v) is 8.81. The molecule has 2 fully saturated rings. The summed E-state index contributed by atoms with van der Waals surface area (Å²) in [4.78, 5) is 46.7. The molecular weight excluding hydrogens is 619 g/mol. The quantitative estimate of drug-likeness (QED) is 0.364. The fraction of sp³-hybridized carbons (Fsp3) is 0.500. The van der Waals surface area contributed by atoms with Gasteiger partial charge in [0.15, 0.2) is 0 Å². The maximum Gasteiger partial charge on any atom is 0.323 e. The molecule has 13 nitrogen and oxygen atoms in total. The molecule has 2 N–H and O–H groups in total. The Morgan fingerprint density at radius 1 is 1.04 bits per heavy atom. The number of rotatable bonds is 7. The first-order valence-corrected chi connectivity index (χ1v) is 16.5. The number of pyridine rings is 1. The van der Waals surface area contributed by atoms with Crippen LogP contribution in [0.25, 0.3) is 11.3 Å². The zero-order valence-corrected chi connectivity index (χ0v) is 28.1. The Balaban J connectivity index is 1.26. The van der Waals surface area contributed by atoms with E-state index in [0.29, 0.717) is 63.3 Å². The van der Waals surface area contributed by atoms with Crippen LogP contribution in [0.15, 0.2) is 36.5 Å². The van der Waals surface area contributed by atoms with Gasteiger partial charge in [0.1, 0.15) is 22.8 Å². The van der Waals surface area contributed by atoms with E-state index in [1.807, 2.05) is 38.7 Å². The van der Waals surface area contributed by atoms with Crippen LogP contribution in [-0.4, -0.2) is 102 Å². The minimum Gasteiger partial charge on any atom is -0.469 e. The van der Waals surface area contributed by atoms with Crippen molar-refractivity contribution in [3.8, 4) is 17.1 Å². The van der Waals surface area contributed by atoms with Crippen molar-refractivity contribution >= 4 is 35.1 Å². The number of nitrogens with one attached hydrogen (secondary N) is 2. The predicted octanol–water partition coefficient (Wildman–Crippen LogP) is 4.80. The first-order valence-electron chi connectivity index (χ1n) is 16.5. The number of halogens is 1. The molecule has 0 spiro atoms. The third kappa shape index (κ3) is 6.99. The number of hydrogen-bond donors (Lipinski definition) is 2. The third-order valence-electron chi connectivity index (χ3n) is 8.81. The summed E-state index contributed by atoms with van der Waals surface area (Å²) in [7, 11) is 0. The van der Waals surface area contributed by atoms with Gasteiger partial charge in [-0.15, -0.1) is 0 Å². The largest absolute Gasteiger partial charge is 0.469 e. The molecule has 14 heteroatoms. The Morgan fingerprint density at radius 2 is 1.81 bits per heavy atom. The van der Waals surface area contributed by atoms with E-state index < -0.39 is 17.4 Å². The lowest BCUT2D eigenvalue weighted by Crippen LogP contribution is -2.45. The molecule has 0 aliphatic carbocycles. The number of anilines is 4. The van der Waals surface area contributed by atoms with E-state index in [0.717, 1.165) is 18.8 Å². The maximum absolute atomic E-state index is 15.7. The number of ether oxygens (including phenoxy) is 3. The minimum absolute atomic E-state index is 0.0212. The van der Waals surface area contributed by atoms with Gasteiger partial charge in [0.05, 0.1) is 68.3 Å². The van der Waals surface area contributed by atoms with E-state index in [1.165, 1.54) is 12.1 Å². The molecule has 2 unspecified atom stereocenters. The fourth-order valence-corrected chi connectivity index (χ4v) is 6.27. The first kappa shape index (κ1) is 33.3. The Bertz CT molecular complexity index is 1660. The van der Waals surface area contributed by atoms with Gasteiger partial charge in [0.2, 0.25) is 11.8 Å². The van der Waals surface area contributed by atoms with Gasteiger partial charge >= 0.3 is 6.03 Å². The number of carbonyl (C=O) groups excluding carboxylic acids is 2. The molecule has 48 heavy (non-hydrogen) atoms. The van der Waals surface area contributed by atoms with E-state index in [1.54, 1.807) is 23.2 Å². The van der Waals surface area contributed by atoms with Crippen molar-refractivity contribution in [2.24, 2.45) is 0 Å². The van der Waals surface area contributed by atoms with Gasteiger partial charge in [-0.3, -0.25) is 4.79 Å². The van der Waals surface area contributed by atoms with Crippen molar-refractivity contribution < 1.29 is 28.2 Å². The van der Waals surface area contributed by atoms with Crippen LogP contribution in [0.2, 0.25) is 0 Å². The molecule has 2 aromatic heterocycles. The normalized spacial score (nSPS) is 20.9. The van der Waals surface area contributed by atoms with E-state index in [-0.39, 0.29) is 40.8 Å². The maximum atomic E-state index is 15.7. The molecule has 3 aromatic rings. The lowest BCUT2D eigenvalue weighted by molar-refractivity contribution is 0.0541. The summed E-state index contributed by atoms with van der Waals surface area (Å²) in [6.07, 6.45) is 2.51. The molecule has 256 valence electrons. The van der Waals surface area contributed by atoms with Gasteiger partial charge < -0.3 is 39.5 Å². The average Bonchev–Trinajstić information content (AvgIpc) is 3.17. The summed E-state index contributed by atoms with van der Waals surface area (Å²) in [6, 6.07) is 7.53. The highest BCUT2D eigenvalue weighted by Crippen LogP contribution is 2.37. The van der Waals surface area contributed by atoms with Crippen molar-refractivity contribution in [1.29, 1.82) is 0 Å². The molecule has 3 aliphatic rings. The molecule has 6 rings (SSSR count). The average molecular weight is 663 g/mol. The van der Waals surface area contributed by atoms with Gasteiger partial charge in [-0.2, -0.15) is 4.98 Å². The Hall–Kier alpha value is -4.56. The van der Waals surface area contributed by atoms with Gasteiger partial charge in [0, 0.05) is 25.2 Å². The smallest absolute Gasteiger partial charge is 0.323 e. The van der Waals surface area contributed by atoms with Crippen LogP contribution in [0.4, 0.5) is 32.3 Å². The summed E-state index contributed by atoms with van der Waals surface area (Å²) < 4.78 is 33.2. The SMILES string of the molecule is CCC1COCCN1c1ccc(NC(=O)Nc2ccc(-c3nc(N4CCOCC4C)nc4c3C(=O)N(CC)CC(C)(C)O4)cc2F)cn1. The summed E-state index contributed by atoms with van der Waals surface area (Å²) in [5.74, 6) is 0.335. The summed E-state index contributed by atoms with van der Waals surface area (Å²) in [6.45, 7) is 14.2. The molecule has 0 bridgehead atoms. The molecule has 0 saturated carbocycles. The Labute approximate surface area is 279 Å². The van der Waals surface area contributed by atoms with Crippen LogP contribution in [0.5, 0.6) is 5.88 Å². The molecule has 3 amide bonds. The summed E-state index contributed by atoms with van der Waals surface area (Å²) >= 11 is 0. The topological polar surface area (TPSA) is 134 Å². The number of urea groups is 1.